The zero-order chi connectivity index (χ0) is 32.6. The molecule has 1 N–H and O–H groups in total. The predicted molar refractivity (Wildman–Crippen MR) is 164 cm³/mol. The molecule has 0 unspecified atom stereocenters. The molecule has 4 fully saturated rings. The van der Waals surface area contributed by atoms with Gasteiger partial charge in [-0.25, -0.2) is 4.79 Å². The molecular weight excluding hydrogens is 585 g/mol. The van der Waals surface area contributed by atoms with E-state index >= 15 is 0 Å². The molecule has 1 aromatic carbocycles. The minimum atomic E-state index is -4.21. The van der Waals surface area contributed by atoms with Crippen molar-refractivity contribution in [3.8, 4) is 0 Å². The first-order valence-corrected chi connectivity index (χ1v) is 16.7. The van der Waals surface area contributed by atoms with E-state index < -0.39 is 36.4 Å². The normalized spacial score (nSPS) is 28.2. The Morgan fingerprint density at radius 1 is 1.07 bits per heavy atom. The van der Waals surface area contributed by atoms with Crippen LogP contribution < -0.4 is 5.32 Å². The molecule has 250 valence electrons. The molecule has 1 saturated carbocycles. The number of carbonyl (C=O) groups is 3. The maximum atomic E-state index is 14.4. The Bertz CT molecular complexity index is 1220. The number of benzene rings is 1. The van der Waals surface area contributed by atoms with Gasteiger partial charge in [0, 0.05) is 36.5 Å². The summed E-state index contributed by atoms with van der Waals surface area (Å²) in [5, 5.41) is 2.79. The number of ether oxygens (including phenoxy) is 1. The minimum Gasteiger partial charge on any atom is -0.444 e. The molecule has 5 rings (SSSR count). The number of fused-ring (bicyclic) bond motifs is 1. The van der Waals surface area contributed by atoms with Crippen LogP contribution in [0.25, 0.3) is 0 Å². The van der Waals surface area contributed by atoms with E-state index in [4.69, 9.17) is 4.74 Å². The summed E-state index contributed by atoms with van der Waals surface area (Å²) in [7, 11) is 0. The van der Waals surface area contributed by atoms with Gasteiger partial charge >= 0.3 is 12.3 Å². The quantitative estimate of drug-likeness (QED) is 0.379. The van der Waals surface area contributed by atoms with Gasteiger partial charge in [0.1, 0.15) is 17.7 Å². The van der Waals surface area contributed by atoms with Gasteiger partial charge in [0.2, 0.25) is 11.8 Å². The topological polar surface area (TPSA) is 82.2 Å². The third-order valence-corrected chi connectivity index (χ3v) is 10.2. The number of halogens is 3. The highest BCUT2D eigenvalue weighted by Gasteiger charge is 2.58. The molecule has 3 heterocycles. The summed E-state index contributed by atoms with van der Waals surface area (Å²) in [5.74, 6) is -0.0463. The van der Waals surface area contributed by atoms with Crippen molar-refractivity contribution >= 4 is 17.9 Å². The Morgan fingerprint density at radius 3 is 2.40 bits per heavy atom. The van der Waals surface area contributed by atoms with Crippen LogP contribution in [0.3, 0.4) is 0 Å². The molecule has 3 aliphatic heterocycles. The smallest absolute Gasteiger partial charge is 0.408 e. The molecule has 1 aliphatic carbocycles. The Balaban J connectivity index is 1.37. The molecule has 0 aromatic heterocycles. The van der Waals surface area contributed by atoms with E-state index in [0.29, 0.717) is 51.7 Å². The standard InChI is InChI=1S/C34H49F3N4O4/c1-5-39(19-9-16-34(35,36)37)25-12-14-27(38-31(44)45-32(2,3)4)29(42)41-26(20-25)13-15-28(41)30(43)40-22-24(21-33(40)17-18-33)23-10-7-6-8-11-23/h6-8,10-11,24-28H,5,9,12-22H2,1-4H3,(H,38,44)/t24-,25+,26-,27+,28+/m1/s1. The lowest BCUT2D eigenvalue weighted by Gasteiger charge is -2.41. The lowest BCUT2D eigenvalue weighted by molar-refractivity contribution is -0.148. The number of amides is 3. The summed E-state index contributed by atoms with van der Waals surface area (Å²) >= 11 is 0. The zero-order valence-corrected chi connectivity index (χ0v) is 27.1. The number of nitrogens with zero attached hydrogens (tertiary/aromatic N) is 3. The number of nitrogens with one attached hydrogen (secondary N) is 1. The Hall–Kier alpha value is -2.82. The summed E-state index contributed by atoms with van der Waals surface area (Å²) in [6.45, 7) is 8.69. The first-order valence-electron chi connectivity index (χ1n) is 16.7. The minimum absolute atomic E-state index is 0.00146. The molecule has 1 aromatic rings. The molecule has 4 aliphatic rings. The van der Waals surface area contributed by atoms with E-state index in [9.17, 15) is 27.6 Å². The van der Waals surface area contributed by atoms with Crippen LogP contribution >= 0.6 is 0 Å². The zero-order valence-electron chi connectivity index (χ0n) is 27.1. The van der Waals surface area contributed by atoms with Crippen LogP contribution in [0.1, 0.15) is 103 Å². The number of alkyl halides is 3. The van der Waals surface area contributed by atoms with Crippen LogP contribution in [-0.4, -0.2) is 93.7 Å². The molecule has 45 heavy (non-hydrogen) atoms. The molecule has 11 heteroatoms. The van der Waals surface area contributed by atoms with Crippen LogP contribution in [0.2, 0.25) is 0 Å². The molecule has 3 saturated heterocycles. The molecule has 5 atom stereocenters. The number of hydrogen-bond donors (Lipinski definition) is 1. The summed E-state index contributed by atoms with van der Waals surface area (Å²) in [5.41, 5.74) is 0.309. The van der Waals surface area contributed by atoms with Crippen molar-refractivity contribution in [3.05, 3.63) is 35.9 Å². The second-order valence-corrected chi connectivity index (χ2v) is 14.5. The summed E-state index contributed by atoms with van der Waals surface area (Å²) in [4.78, 5) is 47.4. The van der Waals surface area contributed by atoms with E-state index in [1.807, 2.05) is 30.0 Å². The lowest BCUT2D eigenvalue weighted by Crippen LogP contribution is -2.59. The molecule has 3 amide bonds. The molecular formula is C34H49F3N4O4. The molecule has 8 nitrogen and oxygen atoms in total. The van der Waals surface area contributed by atoms with Gasteiger partial charge < -0.3 is 24.8 Å². The second kappa shape index (κ2) is 13.1. The molecule has 1 spiro atoms. The first-order chi connectivity index (χ1) is 21.2. The van der Waals surface area contributed by atoms with Gasteiger partial charge in [-0.2, -0.15) is 13.2 Å². The van der Waals surface area contributed by atoms with Gasteiger partial charge in [0.05, 0.1) is 0 Å². The van der Waals surface area contributed by atoms with Crippen LogP contribution in [0, 0.1) is 0 Å². The summed E-state index contributed by atoms with van der Waals surface area (Å²) in [6.07, 6.45) is -0.295. The molecule has 0 bridgehead atoms. The van der Waals surface area contributed by atoms with E-state index in [-0.39, 0.29) is 41.8 Å². The fourth-order valence-corrected chi connectivity index (χ4v) is 7.90. The Kier molecular flexibility index (Phi) is 9.78. The third-order valence-electron chi connectivity index (χ3n) is 10.2. The van der Waals surface area contributed by atoms with Gasteiger partial charge in [-0.15, -0.1) is 0 Å². The number of hydrogen-bond acceptors (Lipinski definition) is 5. The summed E-state index contributed by atoms with van der Waals surface area (Å²) in [6, 6.07) is 8.43. The average Bonchev–Trinajstić information content (AvgIpc) is 3.45. The van der Waals surface area contributed by atoms with Crippen LogP contribution in [0.15, 0.2) is 30.3 Å². The van der Waals surface area contributed by atoms with Gasteiger partial charge in [-0.3, -0.25) is 9.59 Å². The molecule has 0 radical (unpaired) electrons. The van der Waals surface area contributed by atoms with Crippen molar-refractivity contribution in [2.45, 2.75) is 139 Å². The maximum absolute atomic E-state index is 14.4. The van der Waals surface area contributed by atoms with Crippen molar-refractivity contribution in [1.29, 1.82) is 0 Å². The van der Waals surface area contributed by atoms with E-state index in [1.165, 1.54) is 5.56 Å². The van der Waals surface area contributed by atoms with Gasteiger partial charge in [-0.1, -0.05) is 37.3 Å². The fourth-order valence-electron chi connectivity index (χ4n) is 7.90. The predicted octanol–water partition coefficient (Wildman–Crippen LogP) is 6.00. The number of alkyl carbamates (subject to hydrolysis) is 1. The van der Waals surface area contributed by atoms with Crippen molar-refractivity contribution in [1.82, 2.24) is 20.0 Å². The Morgan fingerprint density at radius 2 is 1.78 bits per heavy atom. The Labute approximate surface area is 265 Å². The highest BCUT2D eigenvalue weighted by molar-refractivity contribution is 5.93. The maximum Gasteiger partial charge on any atom is 0.408 e. The lowest BCUT2D eigenvalue weighted by atomic mass is 9.93. The monoisotopic (exact) mass is 634 g/mol. The van der Waals surface area contributed by atoms with Gasteiger partial charge in [0.15, 0.2) is 0 Å². The number of carbonyl (C=O) groups excluding carboxylic acids is 3. The van der Waals surface area contributed by atoms with Gasteiger partial charge in [0.25, 0.3) is 0 Å². The van der Waals surface area contributed by atoms with Crippen molar-refractivity contribution in [2.75, 3.05) is 19.6 Å². The first kappa shape index (κ1) is 33.5. The highest BCUT2D eigenvalue weighted by Crippen LogP contribution is 2.54. The summed E-state index contributed by atoms with van der Waals surface area (Å²) < 4.78 is 44.4. The second-order valence-electron chi connectivity index (χ2n) is 14.5. The SMILES string of the molecule is CCN(CCCC(F)(F)F)[C@H]1CC[C@H](NC(=O)OC(C)(C)C)C(=O)N2[C@H](CC[C@H]2C(=O)N2C[C@H](c3ccccc3)CC23CC3)C1. The van der Waals surface area contributed by atoms with Crippen LogP contribution in [-0.2, 0) is 14.3 Å². The highest BCUT2D eigenvalue weighted by atomic mass is 19.4. The van der Waals surface area contributed by atoms with Crippen molar-refractivity contribution in [3.63, 3.8) is 0 Å². The van der Waals surface area contributed by atoms with Crippen LogP contribution in [0.5, 0.6) is 0 Å². The van der Waals surface area contributed by atoms with E-state index in [2.05, 4.69) is 22.3 Å². The average molecular weight is 635 g/mol. The fraction of sp³-hybridized carbons (Fsp3) is 0.735. The van der Waals surface area contributed by atoms with Crippen molar-refractivity contribution in [2.24, 2.45) is 0 Å². The third kappa shape index (κ3) is 7.95. The van der Waals surface area contributed by atoms with Crippen molar-refractivity contribution < 1.29 is 32.3 Å². The number of rotatable bonds is 8. The largest absolute Gasteiger partial charge is 0.444 e. The van der Waals surface area contributed by atoms with E-state index in [0.717, 1.165) is 19.3 Å². The number of likely N-dealkylation sites (tertiary alicyclic amines) is 1. The van der Waals surface area contributed by atoms with Crippen LogP contribution in [0.4, 0.5) is 18.0 Å². The van der Waals surface area contributed by atoms with Gasteiger partial charge in [-0.05, 0) is 97.2 Å². The van der Waals surface area contributed by atoms with E-state index in [1.54, 1.807) is 25.7 Å².